The first-order chi connectivity index (χ1) is 9.41. The highest BCUT2D eigenvalue weighted by atomic mass is 14.5. The molecule has 0 aliphatic heterocycles. The van der Waals surface area contributed by atoms with Gasteiger partial charge in [-0.15, -0.1) is 0 Å². The molecular formula is C19H20. The predicted octanol–water partition coefficient (Wildman–Crippen LogP) is 5.03. The molecule has 0 heterocycles. The van der Waals surface area contributed by atoms with Crippen LogP contribution in [0, 0.1) is 5.92 Å². The van der Waals surface area contributed by atoms with Crippen LogP contribution in [-0.2, 0) is 5.41 Å². The van der Waals surface area contributed by atoms with Crippen LogP contribution in [0.15, 0.2) is 54.1 Å². The number of hydrogen-bond acceptors (Lipinski definition) is 0. The van der Waals surface area contributed by atoms with E-state index >= 15 is 0 Å². The molecule has 4 rings (SSSR count). The number of fused-ring (bicyclic) bond motifs is 1. The van der Waals surface area contributed by atoms with Gasteiger partial charge in [0.25, 0.3) is 0 Å². The summed E-state index contributed by atoms with van der Waals surface area (Å²) in [5.74, 6) is 0.804. The normalized spacial score (nSPS) is 28.9. The molecule has 0 heteroatoms. The maximum atomic E-state index is 2.51. The molecule has 0 spiro atoms. The molecule has 3 aliphatic rings. The smallest absolute Gasteiger partial charge is 0.0384 e. The highest BCUT2D eigenvalue weighted by molar-refractivity contribution is 5.69. The van der Waals surface area contributed by atoms with Gasteiger partial charge >= 0.3 is 0 Å². The van der Waals surface area contributed by atoms with Gasteiger partial charge in [0.2, 0.25) is 0 Å². The molecule has 1 aromatic rings. The summed E-state index contributed by atoms with van der Waals surface area (Å²) in [6, 6.07) is 8.99. The molecule has 1 fully saturated rings. The average molecular weight is 248 g/mol. The molecular weight excluding hydrogens is 228 g/mol. The molecule has 0 radical (unpaired) electrons. The minimum atomic E-state index is 0.205. The van der Waals surface area contributed by atoms with Gasteiger partial charge in [0.1, 0.15) is 0 Å². The van der Waals surface area contributed by atoms with Gasteiger partial charge in [-0.3, -0.25) is 0 Å². The molecule has 1 unspecified atom stereocenters. The summed E-state index contributed by atoms with van der Waals surface area (Å²) in [7, 11) is 0. The second-order valence-electron chi connectivity index (χ2n) is 6.10. The van der Waals surface area contributed by atoms with Crippen LogP contribution in [0.25, 0.3) is 6.08 Å². The molecule has 1 saturated carbocycles. The van der Waals surface area contributed by atoms with E-state index in [1.54, 1.807) is 11.1 Å². The topological polar surface area (TPSA) is 0 Å². The van der Waals surface area contributed by atoms with Gasteiger partial charge in [0, 0.05) is 5.41 Å². The lowest BCUT2D eigenvalue weighted by Gasteiger charge is -2.37. The van der Waals surface area contributed by atoms with E-state index in [0.29, 0.717) is 0 Å². The minimum absolute atomic E-state index is 0.205. The average Bonchev–Trinajstić information content (AvgIpc) is 3.19. The van der Waals surface area contributed by atoms with E-state index in [1.165, 1.54) is 31.2 Å². The molecule has 0 nitrogen and oxygen atoms in total. The van der Waals surface area contributed by atoms with Crippen molar-refractivity contribution in [3.05, 3.63) is 65.3 Å². The zero-order chi connectivity index (χ0) is 12.7. The van der Waals surface area contributed by atoms with Crippen LogP contribution in [0.4, 0.5) is 0 Å². The van der Waals surface area contributed by atoms with Crippen molar-refractivity contribution in [1.29, 1.82) is 0 Å². The standard InChI is InChI=1S/C19H20/c1-6-12-18-15(7-1)13-14-19(18,16-8-2-3-9-16)17-10-4-5-11-17/h1-3,6-8,12-14,17H,4-5,9-11H2. The molecule has 0 saturated heterocycles. The van der Waals surface area contributed by atoms with Gasteiger partial charge in [-0.25, -0.2) is 0 Å². The van der Waals surface area contributed by atoms with Crippen molar-refractivity contribution in [2.45, 2.75) is 37.5 Å². The fourth-order valence-corrected chi connectivity index (χ4v) is 4.36. The van der Waals surface area contributed by atoms with Crippen molar-refractivity contribution in [2.24, 2.45) is 5.92 Å². The second-order valence-corrected chi connectivity index (χ2v) is 6.10. The summed E-state index contributed by atoms with van der Waals surface area (Å²) in [6.45, 7) is 0. The Balaban J connectivity index is 1.88. The van der Waals surface area contributed by atoms with Crippen LogP contribution in [0.1, 0.15) is 43.2 Å². The third-order valence-electron chi connectivity index (χ3n) is 5.23. The largest absolute Gasteiger partial charge is 0.0804 e. The molecule has 96 valence electrons. The molecule has 0 N–H and O–H groups in total. The fourth-order valence-electron chi connectivity index (χ4n) is 4.36. The molecule has 0 amide bonds. The Bertz CT molecular complexity index is 582. The maximum Gasteiger partial charge on any atom is 0.0384 e. The molecule has 1 aromatic carbocycles. The molecule has 0 aromatic heterocycles. The van der Waals surface area contributed by atoms with Crippen LogP contribution in [0.5, 0.6) is 0 Å². The Labute approximate surface area is 115 Å². The van der Waals surface area contributed by atoms with E-state index in [9.17, 15) is 0 Å². The zero-order valence-corrected chi connectivity index (χ0v) is 11.3. The number of hydrogen-bond donors (Lipinski definition) is 0. The van der Waals surface area contributed by atoms with Gasteiger partial charge in [-0.1, -0.05) is 73.1 Å². The molecule has 0 bridgehead atoms. The summed E-state index contributed by atoms with van der Waals surface area (Å²) >= 11 is 0. The summed E-state index contributed by atoms with van der Waals surface area (Å²) in [5.41, 5.74) is 4.80. The Hall–Kier alpha value is -1.56. The highest BCUT2D eigenvalue weighted by Crippen LogP contribution is 2.53. The lowest BCUT2D eigenvalue weighted by Crippen LogP contribution is -2.32. The van der Waals surface area contributed by atoms with Crippen molar-refractivity contribution in [3.8, 4) is 0 Å². The van der Waals surface area contributed by atoms with E-state index in [0.717, 1.165) is 12.3 Å². The van der Waals surface area contributed by atoms with Crippen LogP contribution in [-0.4, -0.2) is 0 Å². The van der Waals surface area contributed by atoms with Crippen LogP contribution < -0.4 is 0 Å². The van der Waals surface area contributed by atoms with E-state index in [1.807, 2.05) is 0 Å². The minimum Gasteiger partial charge on any atom is -0.0804 e. The molecule has 1 atom stereocenters. The van der Waals surface area contributed by atoms with E-state index < -0.39 is 0 Å². The summed E-state index contributed by atoms with van der Waals surface area (Å²) < 4.78 is 0. The first-order valence-electron chi connectivity index (χ1n) is 7.56. The Morgan fingerprint density at radius 1 is 1.05 bits per heavy atom. The maximum absolute atomic E-state index is 2.51. The van der Waals surface area contributed by atoms with Crippen molar-refractivity contribution >= 4 is 6.08 Å². The SMILES string of the molecule is C1=CCC(C2(C3CCCC3)C=Cc3ccccc32)=C1. The number of allylic oxidation sites excluding steroid dienone is 5. The first-order valence-corrected chi connectivity index (χ1v) is 7.56. The van der Waals surface area contributed by atoms with Crippen molar-refractivity contribution in [3.63, 3.8) is 0 Å². The fraction of sp³-hybridized carbons (Fsp3) is 0.368. The van der Waals surface area contributed by atoms with Crippen LogP contribution in [0.3, 0.4) is 0 Å². The van der Waals surface area contributed by atoms with Crippen molar-refractivity contribution in [2.75, 3.05) is 0 Å². The highest BCUT2D eigenvalue weighted by Gasteiger charge is 2.45. The first kappa shape index (κ1) is 11.3. The lowest BCUT2D eigenvalue weighted by atomic mass is 9.65. The van der Waals surface area contributed by atoms with Gasteiger partial charge in [-0.2, -0.15) is 0 Å². The lowest BCUT2D eigenvalue weighted by molar-refractivity contribution is 0.388. The van der Waals surface area contributed by atoms with Crippen molar-refractivity contribution in [1.82, 2.24) is 0 Å². The van der Waals surface area contributed by atoms with Gasteiger partial charge in [0.15, 0.2) is 0 Å². The summed E-state index contributed by atoms with van der Waals surface area (Å²) in [6.07, 6.45) is 18.5. The van der Waals surface area contributed by atoms with E-state index in [4.69, 9.17) is 0 Å². The zero-order valence-electron chi connectivity index (χ0n) is 11.3. The quantitative estimate of drug-likeness (QED) is 0.688. The van der Waals surface area contributed by atoms with Crippen LogP contribution >= 0.6 is 0 Å². The van der Waals surface area contributed by atoms with Crippen molar-refractivity contribution < 1.29 is 0 Å². The van der Waals surface area contributed by atoms with E-state index in [2.05, 4.69) is 54.6 Å². The number of benzene rings is 1. The van der Waals surface area contributed by atoms with Gasteiger partial charge in [0.05, 0.1) is 0 Å². The molecule has 19 heavy (non-hydrogen) atoms. The molecule has 3 aliphatic carbocycles. The second kappa shape index (κ2) is 4.23. The van der Waals surface area contributed by atoms with Crippen LogP contribution in [0.2, 0.25) is 0 Å². The third-order valence-corrected chi connectivity index (χ3v) is 5.23. The summed E-state index contributed by atoms with van der Waals surface area (Å²) in [4.78, 5) is 0. The number of rotatable bonds is 2. The monoisotopic (exact) mass is 248 g/mol. The third kappa shape index (κ3) is 1.52. The Kier molecular flexibility index (Phi) is 2.51. The summed E-state index contributed by atoms with van der Waals surface area (Å²) in [5, 5.41) is 0. The van der Waals surface area contributed by atoms with Gasteiger partial charge < -0.3 is 0 Å². The predicted molar refractivity (Wildman–Crippen MR) is 81.0 cm³/mol. The van der Waals surface area contributed by atoms with E-state index in [-0.39, 0.29) is 5.41 Å². The Morgan fingerprint density at radius 2 is 1.89 bits per heavy atom. The Morgan fingerprint density at radius 3 is 2.68 bits per heavy atom. The van der Waals surface area contributed by atoms with Gasteiger partial charge in [-0.05, 0) is 36.3 Å².